The summed E-state index contributed by atoms with van der Waals surface area (Å²) in [6.45, 7) is 0.952. The first kappa shape index (κ1) is 24.6. The number of amides is 2. The second-order valence-corrected chi connectivity index (χ2v) is 9.13. The van der Waals surface area contributed by atoms with Crippen LogP contribution < -0.4 is 10.1 Å². The second-order valence-electron chi connectivity index (χ2n) is 7.96. The van der Waals surface area contributed by atoms with Gasteiger partial charge in [0.25, 0.3) is 5.69 Å². The number of halogens is 1. The molecule has 12 heteroatoms. The number of nitrogens with one attached hydrogen (secondary N) is 1. The average Bonchev–Trinajstić information content (AvgIpc) is 3.45. The van der Waals surface area contributed by atoms with Crippen LogP contribution in [0.15, 0.2) is 47.5 Å². The number of nitro groups is 1. The Morgan fingerprint density at radius 3 is 2.77 bits per heavy atom. The number of anilines is 1. The molecule has 2 saturated heterocycles. The summed E-state index contributed by atoms with van der Waals surface area (Å²) in [5.41, 5.74) is 0.572. The number of nitro benzene ring substituents is 1. The second kappa shape index (κ2) is 10.8. The van der Waals surface area contributed by atoms with Crippen LogP contribution in [-0.4, -0.2) is 58.4 Å². The fourth-order valence-electron chi connectivity index (χ4n) is 3.78. The number of hydrogen-bond acceptors (Lipinski definition) is 8. The first-order valence-corrected chi connectivity index (χ1v) is 11.8. The van der Waals surface area contributed by atoms with Crippen molar-refractivity contribution >= 4 is 45.8 Å². The SMILES string of the molecule is COc1cc([N+](=O)[O-])ccc1NC(=O)CC1SC(=Nc2ccc(F)cc2)N(CC2CCCO2)C1=O. The van der Waals surface area contributed by atoms with Gasteiger partial charge in [0, 0.05) is 19.1 Å². The first-order chi connectivity index (χ1) is 16.8. The lowest BCUT2D eigenvalue weighted by atomic mass is 10.2. The van der Waals surface area contributed by atoms with E-state index in [1.54, 1.807) is 0 Å². The maximum absolute atomic E-state index is 13.3. The van der Waals surface area contributed by atoms with Crippen LogP contribution in [0, 0.1) is 15.9 Å². The van der Waals surface area contributed by atoms with Crippen LogP contribution in [0.2, 0.25) is 0 Å². The van der Waals surface area contributed by atoms with Gasteiger partial charge in [-0.05, 0) is 43.2 Å². The molecule has 4 rings (SSSR count). The molecule has 2 atom stereocenters. The van der Waals surface area contributed by atoms with Gasteiger partial charge in [0.1, 0.15) is 16.8 Å². The lowest BCUT2D eigenvalue weighted by Crippen LogP contribution is -2.38. The number of benzene rings is 2. The highest BCUT2D eigenvalue weighted by atomic mass is 32.2. The molecule has 2 amide bonds. The molecular formula is C23H23FN4O6S. The first-order valence-electron chi connectivity index (χ1n) is 10.9. The molecule has 2 aromatic carbocycles. The van der Waals surface area contributed by atoms with Crippen LogP contribution in [-0.2, 0) is 14.3 Å². The van der Waals surface area contributed by atoms with Crippen LogP contribution in [0.3, 0.4) is 0 Å². The smallest absolute Gasteiger partial charge is 0.273 e. The minimum Gasteiger partial charge on any atom is -0.494 e. The van der Waals surface area contributed by atoms with Gasteiger partial charge in [0.15, 0.2) is 5.17 Å². The Kier molecular flexibility index (Phi) is 7.61. The quantitative estimate of drug-likeness (QED) is 0.429. The van der Waals surface area contributed by atoms with Crippen molar-refractivity contribution in [1.82, 2.24) is 4.90 Å². The molecule has 0 bridgehead atoms. The fraction of sp³-hybridized carbons (Fsp3) is 0.348. The number of carbonyl (C=O) groups is 2. The molecule has 0 radical (unpaired) electrons. The van der Waals surface area contributed by atoms with E-state index in [4.69, 9.17) is 9.47 Å². The number of thioether (sulfide) groups is 1. The number of aliphatic imine (C=N–C) groups is 1. The van der Waals surface area contributed by atoms with Gasteiger partial charge in [-0.1, -0.05) is 11.8 Å². The van der Waals surface area contributed by atoms with Crippen molar-refractivity contribution in [3.05, 3.63) is 58.4 Å². The van der Waals surface area contributed by atoms with E-state index in [9.17, 15) is 24.1 Å². The Hall–Kier alpha value is -3.51. The molecule has 2 unspecified atom stereocenters. The van der Waals surface area contributed by atoms with Crippen molar-refractivity contribution in [2.75, 3.05) is 25.6 Å². The standard InChI is InChI=1S/C23H23FN4O6S/c1-33-19-11-16(28(31)32)8-9-18(19)26-21(29)12-20-22(30)27(13-17-3-2-10-34-17)23(35-20)25-15-6-4-14(24)5-7-15/h4-9,11,17,20H,2-3,10,12-13H2,1H3,(H,26,29). The van der Waals surface area contributed by atoms with Crippen molar-refractivity contribution in [2.24, 2.45) is 4.99 Å². The number of ether oxygens (including phenoxy) is 2. The summed E-state index contributed by atoms with van der Waals surface area (Å²) in [6, 6.07) is 9.44. The van der Waals surface area contributed by atoms with Crippen LogP contribution >= 0.6 is 11.8 Å². The van der Waals surface area contributed by atoms with Gasteiger partial charge in [-0.3, -0.25) is 24.6 Å². The van der Waals surface area contributed by atoms with Crippen molar-refractivity contribution in [2.45, 2.75) is 30.6 Å². The van der Waals surface area contributed by atoms with Crippen molar-refractivity contribution in [1.29, 1.82) is 0 Å². The number of nitrogens with zero attached hydrogens (tertiary/aromatic N) is 3. The van der Waals surface area contributed by atoms with Crippen LogP contribution in [0.5, 0.6) is 5.75 Å². The molecule has 184 valence electrons. The highest BCUT2D eigenvalue weighted by molar-refractivity contribution is 8.15. The van der Waals surface area contributed by atoms with Crippen molar-refractivity contribution in [3.8, 4) is 5.75 Å². The molecule has 0 spiro atoms. The highest BCUT2D eigenvalue weighted by Crippen LogP contribution is 2.34. The van der Waals surface area contributed by atoms with Gasteiger partial charge < -0.3 is 14.8 Å². The third kappa shape index (κ3) is 5.95. The largest absolute Gasteiger partial charge is 0.494 e. The average molecular weight is 503 g/mol. The number of rotatable bonds is 8. The Morgan fingerprint density at radius 1 is 1.34 bits per heavy atom. The van der Waals surface area contributed by atoms with E-state index in [1.807, 2.05) is 0 Å². The summed E-state index contributed by atoms with van der Waals surface area (Å²) < 4.78 is 24.1. The summed E-state index contributed by atoms with van der Waals surface area (Å²) >= 11 is 1.16. The van der Waals surface area contributed by atoms with E-state index < -0.39 is 21.9 Å². The molecule has 2 aliphatic rings. The number of hydrogen-bond donors (Lipinski definition) is 1. The normalized spacial score (nSPS) is 20.9. The summed E-state index contributed by atoms with van der Waals surface area (Å²) in [4.78, 5) is 42.4. The molecule has 10 nitrogen and oxygen atoms in total. The molecule has 0 aliphatic carbocycles. The van der Waals surface area contributed by atoms with E-state index in [0.29, 0.717) is 24.0 Å². The summed E-state index contributed by atoms with van der Waals surface area (Å²) in [6.07, 6.45) is 1.47. The molecule has 1 N–H and O–H groups in total. The zero-order valence-corrected chi connectivity index (χ0v) is 19.6. The third-order valence-corrected chi connectivity index (χ3v) is 6.70. The zero-order chi connectivity index (χ0) is 24.9. The topological polar surface area (TPSA) is 123 Å². The van der Waals surface area contributed by atoms with Gasteiger partial charge in [0.05, 0.1) is 42.1 Å². The molecule has 2 aromatic rings. The predicted molar refractivity (Wildman–Crippen MR) is 128 cm³/mol. The Labute approximate surface area is 204 Å². The molecule has 2 aliphatic heterocycles. The van der Waals surface area contributed by atoms with E-state index in [0.717, 1.165) is 24.6 Å². The molecule has 2 heterocycles. The maximum atomic E-state index is 13.3. The zero-order valence-electron chi connectivity index (χ0n) is 18.8. The van der Waals surface area contributed by atoms with E-state index >= 15 is 0 Å². The molecular weight excluding hydrogens is 479 g/mol. The van der Waals surface area contributed by atoms with Gasteiger partial charge in [-0.25, -0.2) is 9.38 Å². The molecule has 0 aromatic heterocycles. The Balaban J connectivity index is 1.50. The fourth-order valence-corrected chi connectivity index (χ4v) is 4.94. The lowest BCUT2D eigenvalue weighted by molar-refractivity contribution is -0.384. The minimum absolute atomic E-state index is 0.116. The highest BCUT2D eigenvalue weighted by Gasteiger charge is 2.40. The van der Waals surface area contributed by atoms with Crippen LogP contribution in [0.1, 0.15) is 19.3 Å². The third-order valence-electron chi connectivity index (χ3n) is 5.52. The van der Waals surface area contributed by atoms with Crippen LogP contribution in [0.4, 0.5) is 21.5 Å². The molecule has 2 fully saturated rings. The Morgan fingerprint density at radius 2 is 2.11 bits per heavy atom. The molecule has 0 saturated carbocycles. The van der Waals surface area contributed by atoms with Crippen LogP contribution in [0.25, 0.3) is 0 Å². The predicted octanol–water partition coefficient (Wildman–Crippen LogP) is 3.88. The van der Waals surface area contributed by atoms with Crippen molar-refractivity contribution < 1.29 is 28.4 Å². The monoisotopic (exact) mass is 502 g/mol. The van der Waals surface area contributed by atoms with Gasteiger partial charge in [-0.2, -0.15) is 0 Å². The number of methoxy groups -OCH3 is 1. The van der Waals surface area contributed by atoms with E-state index in [2.05, 4.69) is 10.3 Å². The van der Waals surface area contributed by atoms with Gasteiger partial charge >= 0.3 is 0 Å². The van der Waals surface area contributed by atoms with Gasteiger partial charge in [-0.15, -0.1) is 0 Å². The van der Waals surface area contributed by atoms with Gasteiger partial charge in [0.2, 0.25) is 11.8 Å². The molecule has 35 heavy (non-hydrogen) atoms. The number of carbonyl (C=O) groups excluding carboxylic acids is 2. The van der Waals surface area contributed by atoms with E-state index in [1.165, 1.54) is 54.5 Å². The van der Waals surface area contributed by atoms with Crippen molar-refractivity contribution in [3.63, 3.8) is 0 Å². The Bertz CT molecular complexity index is 1150. The number of non-ortho nitro benzene ring substituents is 1. The minimum atomic E-state index is -0.723. The van der Waals surface area contributed by atoms with E-state index in [-0.39, 0.29) is 35.6 Å². The maximum Gasteiger partial charge on any atom is 0.273 e. The summed E-state index contributed by atoms with van der Waals surface area (Å²) in [7, 11) is 1.34. The summed E-state index contributed by atoms with van der Waals surface area (Å²) in [5.74, 6) is -0.978. The number of amidine groups is 1. The summed E-state index contributed by atoms with van der Waals surface area (Å²) in [5, 5.41) is 13.3. The lowest BCUT2D eigenvalue weighted by Gasteiger charge is -2.20.